The molecule has 1 aliphatic rings. The van der Waals surface area contributed by atoms with E-state index in [0.717, 1.165) is 5.69 Å². The summed E-state index contributed by atoms with van der Waals surface area (Å²) in [6, 6.07) is 3.61. The van der Waals surface area contributed by atoms with Crippen molar-refractivity contribution < 1.29 is 4.79 Å². The quantitative estimate of drug-likeness (QED) is 0.647. The fourth-order valence-corrected chi connectivity index (χ4v) is 2.91. The zero-order valence-electron chi connectivity index (χ0n) is 11.7. The van der Waals surface area contributed by atoms with Crippen LogP contribution >= 0.6 is 11.6 Å². The van der Waals surface area contributed by atoms with E-state index in [2.05, 4.69) is 4.90 Å². The maximum absolute atomic E-state index is 11.5. The highest BCUT2D eigenvalue weighted by Crippen LogP contribution is 2.30. The third kappa shape index (κ3) is 2.72. The van der Waals surface area contributed by atoms with Crippen LogP contribution in [0.4, 0.5) is 11.4 Å². The van der Waals surface area contributed by atoms with Crippen molar-refractivity contribution >= 4 is 35.1 Å². The van der Waals surface area contributed by atoms with E-state index >= 15 is 0 Å². The minimum absolute atomic E-state index is 0.0926. The molecular formula is C14H19ClN4O. The number of piperazine rings is 1. The van der Waals surface area contributed by atoms with E-state index in [1.54, 1.807) is 13.0 Å². The van der Waals surface area contributed by atoms with Crippen LogP contribution in [-0.2, 0) is 4.79 Å². The molecule has 1 saturated heterocycles. The fourth-order valence-electron chi connectivity index (χ4n) is 2.69. The Balaban J connectivity index is 2.30. The predicted octanol–water partition coefficient (Wildman–Crippen LogP) is 1.98. The Labute approximate surface area is 123 Å². The van der Waals surface area contributed by atoms with Gasteiger partial charge in [0.2, 0.25) is 5.91 Å². The lowest BCUT2D eigenvalue weighted by Gasteiger charge is -2.41. The average molecular weight is 295 g/mol. The SMILES string of the molecule is CC(=O)N1CCN(c2cc(Cl)cc(N)c2C=N)CC1C. The first kappa shape index (κ1) is 14.7. The van der Waals surface area contributed by atoms with Gasteiger partial charge in [0.1, 0.15) is 0 Å². The zero-order chi connectivity index (χ0) is 14.9. The molecule has 20 heavy (non-hydrogen) atoms. The summed E-state index contributed by atoms with van der Waals surface area (Å²) in [5, 5.41) is 8.09. The van der Waals surface area contributed by atoms with Crippen molar-refractivity contribution in [3.8, 4) is 0 Å². The number of benzene rings is 1. The van der Waals surface area contributed by atoms with Crippen LogP contribution in [0.25, 0.3) is 0 Å². The molecule has 1 aliphatic heterocycles. The van der Waals surface area contributed by atoms with Crippen molar-refractivity contribution in [1.29, 1.82) is 5.41 Å². The number of nitrogens with one attached hydrogen (secondary N) is 1. The van der Waals surface area contributed by atoms with Gasteiger partial charge >= 0.3 is 0 Å². The number of hydrogen-bond acceptors (Lipinski definition) is 4. The first-order chi connectivity index (χ1) is 9.43. The van der Waals surface area contributed by atoms with Crippen LogP contribution < -0.4 is 10.6 Å². The molecule has 0 saturated carbocycles. The predicted molar refractivity (Wildman–Crippen MR) is 82.8 cm³/mol. The molecule has 0 radical (unpaired) electrons. The topological polar surface area (TPSA) is 73.4 Å². The number of halogens is 1. The molecule has 3 N–H and O–H groups in total. The molecule has 5 nitrogen and oxygen atoms in total. The van der Waals surface area contributed by atoms with Crippen molar-refractivity contribution in [2.45, 2.75) is 19.9 Å². The Hall–Kier alpha value is -1.75. The van der Waals surface area contributed by atoms with Crippen LogP contribution in [0.1, 0.15) is 19.4 Å². The summed E-state index contributed by atoms with van der Waals surface area (Å²) in [5.41, 5.74) is 7.97. The molecule has 1 unspecified atom stereocenters. The zero-order valence-corrected chi connectivity index (χ0v) is 12.4. The van der Waals surface area contributed by atoms with E-state index in [1.807, 2.05) is 17.9 Å². The van der Waals surface area contributed by atoms with Gasteiger partial charge in [0.15, 0.2) is 0 Å². The molecule has 6 heteroatoms. The van der Waals surface area contributed by atoms with Crippen molar-refractivity contribution in [3.63, 3.8) is 0 Å². The lowest BCUT2D eigenvalue weighted by atomic mass is 10.1. The number of rotatable bonds is 2. The maximum Gasteiger partial charge on any atom is 0.219 e. The summed E-state index contributed by atoms with van der Waals surface area (Å²) in [6.45, 7) is 5.70. The number of carbonyl (C=O) groups is 1. The van der Waals surface area contributed by atoms with E-state index in [9.17, 15) is 4.79 Å². The Bertz CT molecular complexity index is 546. The molecule has 1 amide bonds. The van der Waals surface area contributed by atoms with Gasteiger partial charge in [-0.3, -0.25) is 4.79 Å². The van der Waals surface area contributed by atoms with Gasteiger partial charge in [-0.05, 0) is 19.1 Å². The lowest BCUT2D eigenvalue weighted by molar-refractivity contribution is -0.131. The summed E-state index contributed by atoms with van der Waals surface area (Å²) in [6.07, 6.45) is 1.25. The Morgan fingerprint density at radius 3 is 2.75 bits per heavy atom. The summed E-state index contributed by atoms with van der Waals surface area (Å²) in [7, 11) is 0. The molecule has 0 aromatic heterocycles. The summed E-state index contributed by atoms with van der Waals surface area (Å²) < 4.78 is 0. The van der Waals surface area contributed by atoms with Crippen LogP contribution in [0, 0.1) is 5.41 Å². The van der Waals surface area contributed by atoms with Crippen molar-refractivity contribution in [2.75, 3.05) is 30.3 Å². The molecule has 2 rings (SSSR count). The van der Waals surface area contributed by atoms with Gasteiger partial charge in [0.25, 0.3) is 0 Å². The van der Waals surface area contributed by atoms with Crippen molar-refractivity contribution in [1.82, 2.24) is 4.90 Å². The van der Waals surface area contributed by atoms with Gasteiger partial charge in [-0.2, -0.15) is 0 Å². The lowest BCUT2D eigenvalue weighted by Crippen LogP contribution is -2.53. The summed E-state index contributed by atoms with van der Waals surface area (Å²) in [5.74, 6) is 0.0926. The van der Waals surface area contributed by atoms with E-state index in [0.29, 0.717) is 35.9 Å². The van der Waals surface area contributed by atoms with E-state index in [4.69, 9.17) is 22.7 Å². The Kier molecular flexibility index (Phi) is 4.18. The number of nitrogen functional groups attached to an aromatic ring is 1. The van der Waals surface area contributed by atoms with Crippen LogP contribution in [0.5, 0.6) is 0 Å². The number of nitrogens with zero attached hydrogens (tertiary/aromatic N) is 2. The molecule has 1 fully saturated rings. The summed E-state index contributed by atoms with van der Waals surface area (Å²) in [4.78, 5) is 15.5. The van der Waals surface area contributed by atoms with Gasteiger partial charge in [-0.1, -0.05) is 11.6 Å². The first-order valence-corrected chi connectivity index (χ1v) is 6.93. The first-order valence-electron chi connectivity index (χ1n) is 6.55. The average Bonchev–Trinajstić information content (AvgIpc) is 2.37. The number of amides is 1. The van der Waals surface area contributed by atoms with Crippen LogP contribution in [-0.4, -0.2) is 42.7 Å². The minimum atomic E-state index is 0.0926. The van der Waals surface area contributed by atoms with Crippen LogP contribution in [0.2, 0.25) is 5.02 Å². The second-order valence-electron chi connectivity index (χ2n) is 5.08. The van der Waals surface area contributed by atoms with Crippen LogP contribution in [0.15, 0.2) is 12.1 Å². The molecule has 1 aromatic rings. The highest BCUT2D eigenvalue weighted by atomic mass is 35.5. The van der Waals surface area contributed by atoms with Gasteiger partial charge < -0.3 is 20.9 Å². The summed E-state index contributed by atoms with van der Waals surface area (Å²) >= 11 is 6.07. The fraction of sp³-hybridized carbons (Fsp3) is 0.429. The molecule has 108 valence electrons. The largest absolute Gasteiger partial charge is 0.398 e. The third-order valence-corrected chi connectivity index (χ3v) is 3.89. The second-order valence-corrected chi connectivity index (χ2v) is 5.52. The molecule has 0 spiro atoms. The number of nitrogens with two attached hydrogens (primary N) is 1. The smallest absolute Gasteiger partial charge is 0.219 e. The van der Waals surface area contributed by atoms with E-state index < -0.39 is 0 Å². The molecule has 0 aliphatic carbocycles. The second kappa shape index (κ2) is 5.71. The third-order valence-electron chi connectivity index (χ3n) is 3.67. The molecule has 1 aromatic carbocycles. The van der Waals surface area contributed by atoms with Gasteiger partial charge in [-0.25, -0.2) is 0 Å². The number of hydrogen-bond donors (Lipinski definition) is 2. The normalized spacial score (nSPS) is 19.1. The number of anilines is 2. The van der Waals surface area contributed by atoms with E-state index in [1.165, 1.54) is 6.21 Å². The standard InChI is InChI=1S/C14H19ClN4O/c1-9-8-18(3-4-19(9)10(2)20)14-6-11(15)5-13(17)12(14)7-16/h5-7,9,16H,3-4,8,17H2,1-2H3. The highest BCUT2D eigenvalue weighted by Gasteiger charge is 2.26. The van der Waals surface area contributed by atoms with Gasteiger partial charge in [0.05, 0.1) is 0 Å². The monoisotopic (exact) mass is 294 g/mol. The Morgan fingerprint density at radius 1 is 1.50 bits per heavy atom. The highest BCUT2D eigenvalue weighted by molar-refractivity contribution is 6.31. The minimum Gasteiger partial charge on any atom is -0.398 e. The van der Waals surface area contributed by atoms with Gasteiger partial charge in [-0.15, -0.1) is 0 Å². The Morgan fingerprint density at radius 2 is 2.20 bits per heavy atom. The van der Waals surface area contributed by atoms with Gasteiger partial charge in [0, 0.05) is 60.8 Å². The number of carbonyl (C=O) groups excluding carboxylic acids is 1. The van der Waals surface area contributed by atoms with Crippen molar-refractivity contribution in [2.24, 2.45) is 0 Å². The molecular weight excluding hydrogens is 276 g/mol. The molecule has 1 heterocycles. The van der Waals surface area contributed by atoms with Crippen LogP contribution in [0.3, 0.4) is 0 Å². The molecule has 0 bridgehead atoms. The van der Waals surface area contributed by atoms with E-state index in [-0.39, 0.29) is 11.9 Å². The maximum atomic E-state index is 11.5. The molecule has 1 atom stereocenters. The van der Waals surface area contributed by atoms with Crippen molar-refractivity contribution in [3.05, 3.63) is 22.7 Å².